The lowest BCUT2D eigenvalue weighted by atomic mass is 10.4. The number of aromatic nitrogens is 3. The first-order valence-corrected chi connectivity index (χ1v) is 4.95. The van der Waals surface area contributed by atoms with Crippen molar-refractivity contribution < 1.29 is 0 Å². The summed E-state index contributed by atoms with van der Waals surface area (Å²) in [6.45, 7) is 4.91. The predicted molar refractivity (Wildman–Crippen MR) is 59.7 cm³/mol. The minimum atomic E-state index is 0.597. The molecule has 2 aromatic rings. The molecular formula is C10H11ClN4. The van der Waals surface area contributed by atoms with Crippen LogP contribution in [0.4, 0.5) is 0 Å². The van der Waals surface area contributed by atoms with Crippen molar-refractivity contribution >= 4 is 17.2 Å². The third-order valence-corrected chi connectivity index (χ3v) is 2.15. The van der Waals surface area contributed by atoms with Crippen LogP contribution in [0.5, 0.6) is 0 Å². The smallest absolute Gasteiger partial charge is 0.155 e. The van der Waals surface area contributed by atoms with Gasteiger partial charge < -0.3 is 5.32 Å². The standard InChI is InChI=1S/C10H11ClN4/c1-8(11)4-13-5-9-6-14-10-7-12-2-3-15(9)10/h2-3,6-7,13H,1,4-5H2. The topological polar surface area (TPSA) is 42.2 Å². The molecule has 0 saturated carbocycles. The van der Waals surface area contributed by atoms with E-state index in [9.17, 15) is 0 Å². The zero-order valence-corrected chi connectivity index (χ0v) is 8.91. The summed E-state index contributed by atoms with van der Waals surface area (Å²) in [5, 5.41) is 3.77. The highest BCUT2D eigenvalue weighted by Gasteiger charge is 2.01. The Bertz CT molecular complexity index is 477. The summed E-state index contributed by atoms with van der Waals surface area (Å²) in [4.78, 5) is 8.22. The highest BCUT2D eigenvalue weighted by atomic mass is 35.5. The van der Waals surface area contributed by atoms with Crippen LogP contribution in [0.25, 0.3) is 5.65 Å². The second-order valence-electron chi connectivity index (χ2n) is 3.17. The zero-order chi connectivity index (χ0) is 10.7. The van der Waals surface area contributed by atoms with Gasteiger partial charge in [-0.3, -0.25) is 9.38 Å². The van der Waals surface area contributed by atoms with E-state index in [1.807, 2.05) is 16.8 Å². The van der Waals surface area contributed by atoms with Crippen LogP contribution in [0.3, 0.4) is 0 Å². The van der Waals surface area contributed by atoms with Gasteiger partial charge in [-0.05, 0) is 0 Å². The Kier molecular flexibility index (Phi) is 2.99. The minimum absolute atomic E-state index is 0.597. The van der Waals surface area contributed by atoms with Crippen LogP contribution in [0.1, 0.15) is 5.69 Å². The number of hydrogen-bond acceptors (Lipinski definition) is 3. The molecule has 0 aliphatic rings. The molecule has 4 nitrogen and oxygen atoms in total. The van der Waals surface area contributed by atoms with Gasteiger partial charge in [-0.15, -0.1) is 0 Å². The van der Waals surface area contributed by atoms with Gasteiger partial charge in [-0.25, -0.2) is 4.98 Å². The Morgan fingerprint density at radius 3 is 3.20 bits per heavy atom. The van der Waals surface area contributed by atoms with E-state index in [2.05, 4.69) is 21.9 Å². The van der Waals surface area contributed by atoms with Crippen LogP contribution >= 0.6 is 11.6 Å². The van der Waals surface area contributed by atoms with Crippen molar-refractivity contribution in [3.63, 3.8) is 0 Å². The van der Waals surface area contributed by atoms with Crippen molar-refractivity contribution in [2.24, 2.45) is 0 Å². The SMILES string of the molecule is C=C(Cl)CNCc1cnc2cnccn12. The van der Waals surface area contributed by atoms with E-state index in [0.29, 0.717) is 18.1 Å². The van der Waals surface area contributed by atoms with Crippen LogP contribution in [-0.4, -0.2) is 20.9 Å². The molecule has 5 heteroatoms. The molecule has 2 heterocycles. The lowest BCUT2D eigenvalue weighted by Gasteiger charge is -2.02. The molecular weight excluding hydrogens is 212 g/mol. The fraction of sp³-hybridized carbons (Fsp3) is 0.200. The van der Waals surface area contributed by atoms with E-state index >= 15 is 0 Å². The summed E-state index contributed by atoms with van der Waals surface area (Å²) in [6.07, 6.45) is 7.17. The maximum atomic E-state index is 5.65. The van der Waals surface area contributed by atoms with Gasteiger partial charge in [0.1, 0.15) is 0 Å². The molecule has 0 aromatic carbocycles. The van der Waals surface area contributed by atoms with Gasteiger partial charge >= 0.3 is 0 Å². The van der Waals surface area contributed by atoms with Crippen molar-refractivity contribution in [1.29, 1.82) is 0 Å². The van der Waals surface area contributed by atoms with Crippen LogP contribution < -0.4 is 5.32 Å². The molecule has 1 N–H and O–H groups in total. The average molecular weight is 223 g/mol. The number of imidazole rings is 1. The third kappa shape index (κ3) is 2.34. The second-order valence-corrected chi connectivity index (χ2v) is 3.71. The summed E-state index contributed by atoms with van der Waals surface area (Å²) < 4.78 is 1.98. The van der Waals surface area contributed by atoms with Gasteiger partial charge in [0.2, 0.25) is 0 Å². The predicted octanol–water partition coefficient (Wildman–Crippen LogP) is 1.57. The monoisotopic (exact) mass is 222 g/mol. The molecule has 0 spiro atoms. The van der Waals surface area contributed by atoms with Crippen LogP contribution in [0, 0.1) is 0 Å². The Labute approximate surface area is 92.6 Å². The fourth-order valence-corrected chi connectivity index (χ4v) is 1.45. The van der Waals surface area contributed by atoms with Crippen LogP contribution in [0.15, 0.2) is 36.4 Å². The molecule has 2 aromatic heterocycles. The molecule has 0 saturated heterocycles. The van der Waals surface area contributed by atoms with Gasteiger partial charge in [0, 0.05) is 30.5 Å². The van der Waals surface area contributed by atoms with Crippen molar-refractivity contribution in [2.75, 3.05) is 6.54 Å². The van der Waals surface area contributed by atoms with E-state index in [1.54, 1.807) is 12.4 Å². The Balaban J connectivity index is 2.11. The minimum Gasteiger partial charge on any atom is -0.306 e. The number of nitrogens with one attached hydrogen (secondary N) is 1. The molecule has 0 aliphatic heterocycles. The van der Waals surface area contributed by atoms with Gasteiger partial charge in [0.25, 0.3) is 0 Å². The number of halogens is 1. The quantitative estimate of drug-likeness (QED) is 0.854. The first-order valence-electron chi connectivity index (χ1n) is 4.57. The largest absolute Gasteiger partial charge is 0.306 e. The van der Waals surface area contributed by atoms with Crippen molar-refractivity contribution in [2.45, 2.75) is 6.54 Å². The molecule has 0 radical (unpaired) electrons. The maximum absolute atomic E-state index is 5.65. The fourth-order valence-electron chi connectivity index (χ4n) is 1.35. The molecule has 0 fully saturated rings. The summed E-state index contributed by atoms with van der Waals surface area (Å²) in [6, 6.07) is 0. The molecule has 15 heavy (non-hydrogen) atoms. The molecule has 2 rings (SSSR count). The van der Waals surface area contributed by atoms with Crippen molar-refractivity contribution in [3.05, 3.63) is 42.1 Å². The van der Waals surface area contributed by atoms with Gasteiger partial charge in [0.15, 0.2) is 5.65 Å². The second kappa shape index (κ2) is 4.42. The van der Waals surface area contributed by atoms with Gasteiger partial charge in [-0.2, -0.15) is 0 Å². The molecule has 78 valence electrons. The van der Waals surface area contributed by atoms with E-state index in [4.69, 9.17) is 11.6 Å². The third-order valence-electron chi connectivity index (χ3n) is 2.02. The van der Waals surface area contributed by atoms with E-state index in [1.165, 1.54) is 0 Å². The average Bonchev–Trinajstić information content (AvgIpc) is 2.62. The number of nitrogens with zero attached hydrogens (tertiary/aromatic N) is 3. The number of hydrogen-bond donors (Lipinski definition) is 1. The Morgan fingerprint density at radius 1 is 1.53 bits per heavy atom. The molecule has 0 aliphatic carbocycles. The van der Waals surface area contributed by atoms with E-state index in [0.717, 1.165) is 11.3 Å². The van der Waals surface area contributed by atoms with Crippen LogP contribution in [-0.2, 0) is 6.54 Å². The van der Waals surface area contributed by atoms with Crippen LogP contribution in [0.2, 0.25) is 0 Å². The first-order chi connectivity index (χ1) is 7.27. The summed E-state index contributed by atoms with van der Waals surface area (Å²) >= 11 is 5.65. The van der Waals surface area contributed by atoms with E-state index in [-0.39, 0.29) is 0 Å². The zero-order valence-electron chi connectivity index (χ0n) is 8.15. The summed E-state index contributed by atoms with van der Waals surface area (Å²) in [5.74, 6) is 0. The first kappa shape index (κ1) is 10.1. The highest BCUT2D eigenvalue weighted by Crippen LogP contribution is 2.04. The number of fused-ring (bicyclic) bond motifs is 1. The number of rotatable bonds is 4. The summed E-state index contributed by atoms with van der Waals surface area (Å²) in [5.41, 5.74) is 1.92. The molecule has 0 bridgehead atoms. The van der Waals surface area contributed by atoms with Gasteiger partial charge in [-0.1, -0.05) is 18.2 Å². The van der Waals surface area contributed by atoms with E-state index < -0.39 is 0 Å². The normalized spacial score (nSPS) is 10.7. The molecule has 0 atom stereocenters. The highest BCUT2D eigenvalue weighted by molar-refractivity contribution is 6.29. The van der Waals surface area contributed by atoms with Crippen molar-refractivity contribution in [1.82, 2.24) is 19.7 Å². The molecule has 0 unspecified atom stereocenters. The Hall–Kier alpha value is -1.39. The lowest BCUT2D eigenvalue weighted by molar-refractivity contribution is 0.729. The van der Waals surface area contributed by atoms with Crippen molar-refractivity contribution in [3.8, 4) is 0 Å². The Morgan fingerprint density at radius 2 is 2.40 bits per heavy atom. The summed E-state index contributed by atoms with van der Waals surface area (Å²) in [7, 11) is 0. The molecule has 0 amide bonds. The maximum Gasteiger partial charge on any atom is 0.155 e. The lowest BCUT2D eigenvalue weighted by Crippen LogP contribution is -2.15. The van der Waals surface area contributed by atoms with Gasteiger partial charge in [0.05, 0.1) is 18.1 Å².